The van der Waals surface area contributed by atoms with Crippen molar-refractivity contribution in [1.82, 2.24) is 15.2 Å². The number of methoxy groups -OCH3 is 1. The van der Waals surface area contributed by atoms with E-state index in [9.17, 15) is 4.79 Å². The van der Waals surface area contributed by atoms with Crippen molar-refractivity contribution in [3.05, 3.63) is 52.8 Å². The van der Waals surface area contributed by atoms with Crippen molar-refractivity contribution in [3.8, 4) is 16.3 Å². The number of aromatic amines is 1. The van der Waals surface area contributed by atoms with Gasteiger partial charge in [0.2, 0.25) is 0 Å². The molecule has 0 atom stereocenters. The average molecular weight is 357 g/mol. The van der Waals surface area contributed by atoms with E-state index in [-0.39, 0.29) is 6.61 Å². The maximum Gasteiger partial charge on any atom is 0.359 e. The molecule has 0 fully saturated rings. The second-order valence-corrected chi connectivity index (χ2v) is 6.34. The van der Waals surface area contributed by atoms with Gasteiger partial charge in [0.25, 0.3) is 0 Å². The number of esters is 1. The summed E-state index contributed by atoms with van der Waals surface area (Å²) in [7, 11) is 1.63. The smallest absolute Gasteiger partial charge is 0.359 e. The van der Waals surface area contributed by atoms with Gasteiger partial charge < -0.3 is 9.47 Å². The van der Waals surface area contributed by atoms with Gasteiger partial charge in [-0.3, -0.25) is 5.10 Å². The third-order valence-corrected chi connectivity index (χ3v) is 4.52. The van der Waals surface area contributed by atoms with Crippen molar-refractivity contribution < 1.29 is 14.3 Å². The zero-order valence-corrected chi connectivity index (χ0v) is 14.9. The number of rotatable bonds is 7. The van der Waals surface area contributed by atoms with Crippen LogP contribution in [0.2, 0.25) is 0 Å². The number of carbonyl (C=O) groups excluding carboxylic acids is 1. The number of carbonyl (C=O) groups is 1. The largest absolute Gasteiger partial charge is 0.497 e. The van der Waals surface area contributed by atoms with Gasteiger partial charge in [-0.1, -0.05) is 25.5 Å². The molecule has 0 bridgehead atoms. The van der Waals surface area contributed by atoms with Crippen LogP contribution in [-0.4, -0.2) is 28.3 Å². The molecule has 1 N–H and O–H groups in total. The summed E-state index contributed by atoms with van der Waals surface area (Å²) in [6.07, 6.45) is 1.85. The summed E-state index contributed by atoms with van der Waals surface area (Å²) in [6, 6.07) is 9.43. The van der Waals surface area contributed by atoms with E-state index < -0.39 is 5.97 Å². The van der Waals surface area contributed by atoms with Gasteiger partial charge in [0.1, 0.15) is 17.4 Å². The molecule has 2 heterocycles. The minimum absolute atomic E-state index is 0.120. The SMILES string of the molecule is CCCc1cc(C(=O)OCc2csc(-c3cccc(OC)c3)n2)n[nH]1. The number of hydrogen-bond acceptors (Lipinski definition) is 6. The van der Waals surface area contributed by atoms with Gasteiger partial charge in [-0.25, -0.2) is 9.78 Å². The molecule has 0 aliphatic carbocycles. The van der Waals surface area contributed by atoms with Crippen LogP contribution in [-0.2, 0) is 17.8 Å². The molecule has 7 heteroatoms. The highest BCUT2D eigenvalue weighted by Crippen LogP contribution is 2.27. The second-order valence-electron chi connectivity index (χ2n) is 5.48. The first-order valence-electron chi connectivity index (χ1n) is 8.00. The van der Waals surface area contributed by atoms with Crippen LogP contribution < -0.4 is 4.74 Å². The van der Waals surface area contributed by atoms with Crippen LogP contribution in [0.1, 0.15) is 35.2 Å². The summed E-state index contributed by atoms with van der Waals surface area (Å²) in [6.45, 7) is 2.19. The van der Waals surface area contributed by atoms with Crippen molar-refractivity contribution in [1.29, 1.82) is 0 Å². The summed E-state index contributed by atoms with van der Waals surface area (Å²) in [5, 5.41) is 9.57. The van der Waals surface area contributed by atoms with E-state index in [1.165, 1.54) is 11.3 Å². The molecule has 3 aromatic rings. The van der Waals surface area contributed by atoms with E-state index in [4.69, 9.17) is 9.47 Å². The highest BCUT2D eigenvalue weighted by Gasteiger charge is 2.13. The maximum absolute atomic E-state index is 12.1. The lowest BCUT2D eigenvalue weighted by molar-refractivity contribution is 0.0461. The van der Waals surface area contributed by atoms with Crippen LogP contribution in [0.15, 0.2) is 35.7 Å². The van der Waals surface area contributed by atoms with Gasteiger partial charge in [0, 0.05) is 16.6 Å². The van der Waals surface area contributed by atoms with Gasteiger partial charge >= 0.3 is 5.97 Å². The van der Waals surface area contributed by atoms with E-state index in [0.29, 0.717) is 11.4 Å². The van der Waals surface area contributed by atoms with Crippen molar-refractivity contribution in [2.24, 2.45) is 0 Å². The van der Waals surface area contributed by atoms with Crippen LogP contribution in [0.3, 0.4) is 0 Å². The number of nitrogens with one attached hydrogen (secondary N) is 1. The Kier molecular flexibility index (Phi) is 5.45. The minimum atomic E-state index is -0.450. The number of H-pyrrole nitrogens is 1. The van der Waals surface area contributed by atoms with Gasteiger partial charge in [0.15, 0.2) is 5.69 Å². The zero-order chi connectivity index (χ0) is 17.6. The molecule has 0 saturated heterocycles. The minimum Gasteiger partial charge on any atom is -0.497 e. The predicted octanol–water partition coefficient (Wildman–Crippen LogP) is 3.85. The lowest BCUT2D eigenvalue weighted by Crippen LogP contribution is -2.05. The van der Waals surface area contributed by atoms with E-state index >= 15 is 0 Å². The number of aryl methyl sites for hydroxylation is 1. The monoisotopic (exact) mass is 357 g/mol. The second kappa shape index (κ2) is 7.94. The fourth-order valence-electron chi connectivity index (χ4n) is 2.34. The molecule has 130 valence electrons. The summed E-state index contributed by atoms with van der Waals surface area (Å²) in [5.41, 5.74) is 2.91. The number of benzene rings is 1. The highest BCUT2D eigenvalue weighted by atomic mass is 32.1. The maximum atomic E-state index is 12.1. The van der Waals surface area contributed by atoms with Crippen LogP contribution in [0.25, 0.3) is 10.6 Å². The van der Waals surface area contributed by atoms with Gasteiger partial charge in [-0.15, -0.1) is 11.3 Å². The van der Waals surface area contributed by atoms with Crippen molar-refractivity contribution in [3.63, 3.8) is 0 Å². The fraction of sp³-hybridized carbons (Fsp3) is 0.278. The molecule has 3 rings (SSSR count). The molecular formula is C18H19N3O3S. The molecule has 1 aromatic carbocycles. The molecule has 0 aliphatic heterocycles. The normalized spacial score (nSPS) is 10.6. The molecule has 0 amide bonds. The Hall–Kier alpha value is -2.67. The molecule has 25 heavy (non-hydrogen) atoms. The van der Waals surface area contributed by atoms with E-state index in [1.54, 1.807) is 13.2 Å². The molecular weight excluding hydrogens is 338 g/mol. The van der Waals surface area contributed by atoms with E-state index in [0.717, 1.165) is 34.9 Å². The Morgan fingerprint density at radius 1 is 1.32 bits per heavy atom. The summed E-state index contributed by atoms with van der Waals surface area (Å²) in [4.78, 5) is 16.6. The third-order valence-electron chi connectivity index (χ3n) is 3.58. The molecule has 0 aliphatic rings. The molecule has 2 aromatic heterocycles. The van der Waals surface area contributed by atoms with Crippen LogP contribution in [0, 0.1) is 0 Å². The van der Waals surface area contributed by atoms with Crippen LogP contribution in [0.5, 0.6) is 5.75 Å². The standard InChI is InChI=1S/C18H19N3O3S/c1-3-5-13-9-16(21-20-13)18(22)24-10-14-11-25-17(19-14)12-6-4-7-15(8-12)23-2/h4,6-9,11H,3,5,10H2,1-2H3,(H,20,21). The lowest BCUT2D eigenvalue weighted by atomic mass is 10.2. The van der Waals surface area contributed by atoms with Crippen LogP contribution in [0.4, 0.5) is 0 Å². The molecule has 0 spiro atoms. The van der Waals surface area contributed by atoms with E-state index in [1.807, 2.05) is 29.6 Å². The number of ether oxygens (including phenoxy) is 2. The Bertz CT molecular complexity index is 857. The Balaban J connectivity index is 1.62. The summed E-state index contributed by atoms with van der Waals surface area (Å²) < 4.78 is 10.5. The van der Waals surface area contributed by atoms with Crippen LogP contribution >= 0.6 is 11.3 Å². The summed E-state index contributed by atoms with van der Waals surface area (Å²) in [5.74, 6) is 0.330. The van der Waals surface area contributed by atoms with Gasteiger partial charge in [-0.05, 0) is 24.6 Å². The van der Waals surface area contributed by atoms with Crippen molar-refractivity contribution in [2.45, 2.75) is 26.4 Å². The lowest BCUT2D eigenvalue weighted by Gasteiger charge is -2.01. The Labute approximate surface area is 149 Å². The number of nitrogens with zero attached hydrogens (tertiary/aromatic N) is 2. The number of aromatic nitrogens is 3. The average Bonchev–Trinajstić information content (AvgIpc) is 3.30. The molecule has 0 radical (unpaired) electrons. The van der Waals surface area contributed by atoms with Gasteiger partial charge in [0.05, 0.1) is 12.8 Å². The third kappa shape index (κ3) is 4.24. The first-order valence-corrected chi connectivity index (χ1v) is 8.87. The molecule has 0 saturated carbocycles. The van der Waals surface area contributed by atoms with E-state index in [2.05, 4.69) is 22.1 Å². The quantitative estimate of drug-likeness (QED) is 0.650. The Morgan fingerprint density at radius 3 is 3.00 bits per heavy atom. The highest BCUT2D eigenvalue weighted by molar-refractivity contribution is 7.13. The topological polar surface area (TPSA) is 77.1 Å². The first kappa shape index (κ1) is 17.2. The predicted molar refractivity (Wildman–Crippen MR) is 95.8 cm³/mol. The summed E-state index contributed by atoms with van der Waals surface area (Å²) >= 11 is 1.50. The first-order chi connectivity index (χ1) is 12.2. The van der Waals surface area contributed by atoms with Crippen molar-refractivity contribution in [2.75, 3.05) is 7.11 Å². The Morgan fingerprint density at radius 2 is 2.20 bits per heavy atom. The molecule has 0 unspecified atom stereocenters. The molecule has 6 nitrogen and oxygen atoms in total. The van der Waals surface area contributed by atoms with Gasteiger partial charge in [-0.2, -0.15) is 5.10 Å². The number of thiazole rings is 1. The fourth-order valence-corrected chi connectivity index (χ4v) is 3.14. The number of hydrogen-bond donors (Lipinski definition) is 1. The zero-order valence-electron chi connectivity index (χ0n) is 14.1. The van der Waals surface area contributed by atoms with Crippen molar-refractivity contribution >= 4 is 17.3 Å².